The third-order valence-corrected chi connectivity index (χ3v) is 7.33. The van der Waals surface area contributed by atoms with Gasteiger partial charge in [0.05, 0.1) is 10.2 Å². The summed E-state index contributed by atoms with van der Waals surface area (Å²) in [5.41, 5.74) is 1.42. The van der Waals surface area contributed by atoms with Gasteiger partial charge in [-0.3, -0.25) is 4.79 Å². The maximum Gasteiger partial charge on any atom is 0.226 e. The van der Waals surface area contributed by atoms with Gasteiger partial charge < -0.3 is 15.1 Å². The lowest BCUT2D eigenvalue weighted by atomic mass is 9.91. The molecule has 5 nitrogen and oxygen atoms in total. The van der Waals surface area contributed by atoms with Gasteiger partial charge in [0, 0.05) is 32.1 Å². The molecule has 5 rings (SSSR count). The molecule has 1 N–H and O–H groups in total. The van der Waals surface area contributed by atoms with Gasteiger partial charge >= 0.3 is 0 Å². The minimum absolute atomic E-state index is 0. The molecule has 140 valence electrons. The van der Waals surface area contributed by atoms with Crippen molar-refractivity contribution in [3.05, 3.63) is 24.3 Å². The first-order valence-electron chi connectivity index (χ1n) is 9.35. The Labute approximate surface area is 164 Å². The molecule has 1 aromatic carbocycles. The van der Waals surface area contributed by atoms with E-state index in [9.17, 15) is 4.79 Å². The number of amides is 1. The Bertz CT molecular complexity index is 763. The third-order valence-electron chi connectivity index (χ3n) is 6.23. The van der Waals surface area contributed by atoms with E-state index in [0.717, 1.165) is 56.3 Å². The van der Waals surface area contributed by atoms with Crippen LogP contribution in [-0.4, -0.2) is 55.1 Å². The van der Waals surface area contributed by atoms with Crippen LogP contribution in [0.3, 0.4) is 0 Å². The highest BCUT2D eigenvalue weighted by Gasteiger charge is 2.58. The Morgan fingerprint density at radius 1 is 1.15 bits per heavy atom. The number of piperidine rings is 1. The van der Waals surface area contributed by atoms with Crippen molar-refractivity contribution in [3.8, 4) is 0 Å². The molecular weight excluding hydrogens is 368 g/mol. The van der Waals surface area contributed by atoms with Crippen molar-refractivity contribution < 1.29 is 4.79 Å². The molecule has 1 unspecified atom stereocenters. The molecule has 7 heteroatoms. The van der Waals surface area contributed by atoms with E-state index in [1.807, 2.05) is 6.07 Å². The molecule has 3 fully saturated rings. The highest BCUT2D eigenvalue weighted by atomic mass is 35.5. The largest absolute Gasteiger partial charge is 0.345 e. The number of aromatic nitrogens is 1. The Balaban J connectivity index is 0.00000168. The number of anilines is 1. The lowest BCUT2D eigenvalue weighted by Crippen LogP contribution is -2.49. The minimum atomic E-state index is 0. The molecule has 1 aliphatic carbocycles. The molecule has 2 aliphatic heterocycles. The molecule has 1 amide bonds. The van der Waals surface area contributed by atoms with Gasteiger partial charge in [-0.15, -0.1) is 12.4 Å². The van der Waals surface area contributed by atoms with Gasteiger partial charge in [0.25, 0.3) is 0 Å². The molecule has 1 saturated carbocycles. The third kappa shape index (κ3) is 3.08. The van der Waals surface area contributed by atoms with Crippen molar-refractivity contribution in [2.24, 2.45) is 11.3 Å². The van der Waals surface area contributed by atoms with Crippen LogP contribution >= 0.6 is 23.7 Å². The van der Waals surface area contributed by atoms with Crippen LogP contribution in [0.25, 0.3) is 10.2 Å². The fourth-order valence-electron chi connectivity index (χ4n) is 4.51. The predicted octanol–water partition coefficient (Wildman–Crippen LogP) is 2.76. The van der Waals surface area contributed by atoms with E-state index in [1.54, 1.807) is 11.3 Å². The first kappa shape index (κ1) is 18.0. The maximum atomic E-state index is 12.9. The van der Waals surface area contributed by atoms with Gasteiger partial charge in [0.2, 0.25) is 5.91 Å². The summed E-state index contributed by atoms with van der Waals surface area (Å²) in [4.78, 5) is 22.1. The Morgan fingerprint density at radius 3 is 2.62 bits per heavy atom. The predicted molar refractivity (Wildman–Crippen MR) is 108 cm³/mol. The molecule has 3 aliphatic rings. The summed E-state index contributed by atoms with van der Waals surface area (Å²) in [6.45, 7) is 5.61. The van der Waals surface area contributed by atoms with E-state index >= 15 is 0 Å². The highest BCUT2D eigenvalue weighted by molar-refractivity contribution is 7.22. The number of carbonyl (C=O) groups is 1. The van der Waals surface area contributed by atoms with Crippen LogP contribution in [0.15, 0.2) is 24.3 Å². The lowest BCUT2D eigenvalue weighted by Gasteiger charge is -2.35. The summed E-state index contributed by atoms with van der Waals surface area (Å²) in [5, 5.41) is 4.51. The standard InChI is InChI=1S/C19H24N4OS.ClH/c24-17(14-13-19(14)5-7-20-8-6-19)22-9-11-23(12-10-22)18-21-15-3-1-2-4-16(15)25-18;/h1-4,14,20H,5-13H2;1H. The molecule has 0 radical (unpaired) electrons. The number of hydrogen-bond donors (Lipinski definition) is 1. The molecule has 0 bridgehead atoms. The average Bonchev–Trinajstić information content (AvgIpc) is 3.16. The maximum absolute atomic E-state index is 12.9. The zero-order valence-electron chi connectivity index (χ0n) is 14.8. The van der Waals surface area contributed by atoms with E-state index in [4.69, 9.17) is 4.98 Å². The number of fused-ring (bicyclic) bond motifs is 1. The molecule has 2 saturated heterocycles. The Hall–Kier alpha value is -1.37. The van der Waals surface area contributed by atoms with Gasteiger partial charge in [0.1, 0.15) is 0 Å². The summed E-state index contributed by atoms with van der Waals surface area (Å²) in [5.74, 6) is 0.703. The number of piperazine rings is 1. The molecule has 2 aromatic rings. The monoisotopic (exact) mass is 392 g/mol. The van der Waals surface area contributed by atoms with Crippen LogP contribution in [0, 0.1) is 11.3 Å². The van der Waals surface area contributed by atoms with E-state index in [1.165, 1.54) is 17.5 Å². The highest BCUT2D eigenvalue weighted by Crippen LogP contribution is 2.59. The second-order valence-electron chi connectivity index (χ2n) is 7.65. The van der Waals surface area contributed by atoms with Gasteiger partial charge in [-0.25, -0.2) is 4.98 Å². The second kappa shape index (κ2) is 6.98. The number of nitrogens with one attached hydrogen (secondary N) is 1. The van der Waals surface area contributed by atoms with Gasteiger partial charge in [-0.2, -0.15) is 0 Å². The van der Waals surface area contributed by atoms with Crippen LogP contribution in [0.1, 0.15) is 19.3 Å². The number of rotatable bonds is 2. The number of hydrogen-bond acceptors (Lipinski definition) is 5. The second-order valence-corrected chi connectivity index (χ2v) is 8.65. The zero-order valence-corrected chi connectivity index (χ0v) is 16.5. The van der Waals surface area contributed by atoms with Crippen LogP contribution < -0.4 is 10.2 Å². The van der Waals surface area contributed by atoms with Crippen LogP contribution in [0.4, 0.5) is 5.13 Å². The minimum Gasteiger partial charge on any atom is -0.345 e. The number of thiazole rings is 1. The van der Waals surface area contributed by atoms with Crippen LogP contribution in [0.5, 0.6) is 0 Å². The molecule has 1 atom stereocenters. The fourth-order valence-corrected chi connectivity index (χ4v) is 5.53. The number of halogens is 1. The van der Waals surface area contributed by atoms with E-state index in [0.29, 0.717) is 17.2 Å². The number of benzene rings is 1. The Morgan fingerprint density at radius 2 is 1.88 bits per heavy atom. The summed E-state index contributed by atoms with van der Waals surface area (Å²) >= 11 is 1.75. The number of carbonyl (C=O) groups excluding carboxylic acids is 1. The SMILES string of the molecule is Cl.O=C(C1CC12CCNCC2)N1CCN(c2nc3ccccc3s2)CC1. The van der Waals surface area contributed by atoms with Crippen LogP contribution in [0.2, 0.25) is 0 Å². The normalized spacial score (nSPS) is 24.5. The topological polar surface area (TPSA) is 48.5 Å². The van der Waals surface area contributed by atoms with Crippen molar-refractivity contribution in [3.63, 3.8) is 0 Å². The summed E-state index contributed by atoms with van der Waals surface area (Å²) in [6.07, 6.45) is 3.47. The average molecular weight is 393 g/mol. The van der Waals surface area contributed by atoms with Gasteiger partial charge in [0.15, 0.2) is 5.13 Å². The van der Waals surface area contributed by atoms with E-state index in [2.05, 4.69) is 33.3 Å². The van der Waals surface area contributed by atoms with Crippen molar-refractivity contribution in [1.82, 2.24) is 15.2 Å². The molecule has 3 heterocycles. The number of nitrogens with zero attached hydrogens (tertiary/aromatic N) is 3. The Kier molecular flexibility index (Phi) is 4.84. The number of para-hydroxylation sites is 1. The first-order valence-corrected chi connectivity index (χ1v) is 10.2. The summed E-state index contributed by atoms with van der Waals surface area (Å²) in [6, 6.07) is 8.30. The summed E-state index contributed by atoms with van der Waals surface area (Å²) < 4.78 is 1.24. The fraction of sp³-hybridized carbons (Fsp3) is 0.579. The van der Waals surface area contributed by atoms with E-state index in [-0.39, 0.29) is 12.4 Å². The quantitative estimate of drug-likeness (QED) is 0.853. The van der Waals surface area contributed by atoms with Gasteiger partial charge in [-0.05, 0) is 49.9 Å². The van der Waals surface area contributed by atoms with Gasteiger partial charge in [-0.1, -0.05) is 23.5 Å². The zero-order chi connectivity index (χ0) is 16.9. The van der Waals surface area contributed by atoms with Crippen LogP contribution in [-0.2, 0) is 4.79 Å². The molecule has 26 heavy (non-hydrogen) atoms. The van der Waals surface area contributed by atoms with Crippen molar-refractivity contribution in [2.45, 2.75) is 19.3 Å². The summed E-state index contributed by atoms with van der Waals surface area (Å²) in [7, 11) is 0. The molecular formula is C19H25ClN4OS. The molecule has 1 aromatic heterocycles. The van der Waals surface area contributed by atoms with E-state index < -0.39 is 0 Å². The first-order chi connectivity index (χ1) is 12.3. The lowest BCUT2D eigenvalue weighted by molar-refractivity contribution is -0.133. The van der Waals surface area contributed by atoms with Crippen molar-refractivity contribution in [1.29, 1.82) is 0 Å². The molecule has 1 spiro atoms. The van der Waals surface area contributed by atoms with Crippen molar-refractivity contribution >= 4 is 45.0 Å². The van der Waals surface area contributed by atoms with Crippen molar-refractivity contribution in [2.75, 3.05) is 44.2 Å². The smallest absolute Gasteiger partial charge is 0.226 e.